The third-order valence-electron chi connectivity index (χ3n) is 8.27. The van der Waals surface area contributed by atoms with Gasteiger partial charge in [0, 0.05) is 49.4 Å². The van der Waals surface area contributed by atoms with Gasteiger partial charge in [0.25, 0.3) is 5.91 Å². The van der Waals surface area contributed by atoms with E-state index in [-0.39, 0.29) is 29.8 Å². The molecule has 3 amide bonds. The minimum absolute atomic E-state index is 0.0283. The molecule has 2 atom stereocenters. The van der Waals surface area contributed by atoms with Crippen molar-refractivity contribution in [2.45, 2.75) is 64.5 Å². The first-order chi connectivity index (χ1) is 18.9. The summed E-state index contributed by atoms with van der Waals surface area (Å²) in [4.78, 5) is 44.5. The van der Waals surface area contributed by atoms with Gasteiger partial charge in [-0.25, -0.2) is 0 Å². The van der Waals surface area contributed by atoms with Crippen LogP contribution in [0.25, 0.3) is 0 Å². The Labute approximate surface area is 231 Å². The van der Waals surface area contributed by atoms with Crippen LogP contribution in [0.2, 0.25) is 0 Å². The van der Waals surface area contributed by atoms with E-state index < -0.39 is 0 Å². The van der Waals surface area contributed by atoms with E-state index in [0.29, 0.717) is 24.3 Å². The monoisotopic (exact) mass is 523 g/mol. The molecular weight excluding hydrogens is 486 g/mol. The zero-order valence-electron chi connectivity index (χ0n) is 23.0. The summed E-state index contributed by atoms with van der Waals surface area (Å²) >= 11 is 0. The lowest BCUT2D eigenvalue weighted by molar-refractivity contribution is -0.129. The van der Waals surface area contributed by atoms with Gasteiger partial charge in [-0.15, -0.1) is 0 Å². The average Bonchev–Trinajstić information content (AvgIpc) is 2.97. The second kappa shape index (κ2) is 11.4. The number of likely N-dealkylation sites (tertiary alicyclic amines) is 1. The molecule has 0 aromatic heterocycles. The zero-order valence-corrected chi connectivity index (χ0v) is 23.0. The highest BCUT2D eigenvalue weighted by atomic mass is 16.2. The van der Waals surface area contributed by atoms with Gasteiger partial charge in [0.2, 0.25) is 11.8 Å². The predicted octanol–water partition coefficient (Wildman–Crippen LogP) is 6.34. The van der Waals surface area contributed by atoms with Crippen molar-refractivity contribution in [1.82, 2.24) is 4.90 Å². The largest absolute Gasteiger partial charge is 0.343 e. The van der Waals surface area contributed by atoms with E-state index in [1.165, 1.54) is 5.56 Å². The van der Waals surface area contributed by atoms with Crippen LogP contribution in [0.15, 0.2) is 78.9 Å². The van der Waals surface area contributed by atoms with Crippen molar-refractivity contribution < 1.29 is 14.4 Å². The number of carbonyl (C=O) groups excluding carboxylic acids is 3. The Morgan fingerprint density at radius 1 is 0.872 bits per heavy atom. The van der Waals surface area contributed by atoms with Crippen molar-refractivity contribution in [2.24, 2.45) is 0 Å². The molecule has 2 aliphatic heterocycles. The summed E-state index contributed by atoms with van der Waals surface area (Å²) in [6, 6.07) is 25.6. The van der Waals surface area contributed by atoms with Gasteiger partial charge >= 0.3 is 0 Å². The summed E-state index contributed by atoms with van der Waals surface area (Å²) in [5, 5.41) is 0. The molecule has 5 rings (SSSR count). The van der Waals surface area contributed by atoms with Crippen LogP contribution in [0.4, 0.5) is 11.4 Å². The number of anilines is 2. The highest BCUT2D eigenvalue weighted by Crippen LogP contribution is 2.43. The van der Waals surface area contributed by atoms with Gasteiger partial charge < -0.3 is 14.7 Å². The molecule has 0 saturated carbocycles. The van der Waals surface area contributed by atoms with E-state index in [2.05, 4.69) is 19.1 Å². The van der Waals surface area contributed by atoms with E-state index in [0.717, 1.165) is 42.9 Å². The minimum atomic E-state index is -0.154. The Hall–Kier alpha value is -3.93. The average molecular weight is 524 g/mol. The van der Waals surface area contributed by atoms with Crippen LogP contribution in [0.1, 0.15) is 79.9 Å². The van der Waals surface area contributed by atoms with Crippen LogP contribution in [0.3, 0.4) is 0 Å². The van der Waals surface area contributed by atoms with Gasteiger partial charge in [-0.1, -0.05) is 55.5 Å². The van der Waals surface area contributed by atoms with E-state index in [4.69, 9.17) is 0 Å². The highest BCUT2D eigenvalue weighted by Gasteiger charge is 2.38. The van der Waals surface area contributed by atoms with Gasteiger partial charge in [-0.3, -0.25) is 14.4 Å². The molecule has 1 fully saturated rings. The Morgan fingerprint density at radius 3 is 2.15 bits per heavy atom. The summed E-state index contributed by atoms with van der Waals surface area (Å²) in [6.07, 6.45) is 2.94. The molecule has 1 saturated heterocycles. The van der Waals surface area contributed by atoms with Crippen molar-refractivity contribution in [3.05, 3.63) is 95.6 Å². The van der Waals surface area contributed by atoms with Crippen LogP contribution in [-0.4, -0.2) is 41.8 Å². The van der Waals surface area contributed by atoms with Gasteiger partial charge in [0.15, 0.2) is 0 Å². The van der Waals surface area contributed by atoms with Crippen molar-refractivity contribution in [2.75, 3.05) is 22.9 Å². The lowest BCUT2D eigenvalue weighted by Crippen LogP contribution is -2.47. The summed E-state index contributed by atoms with van der Waals surface area (Å²) in [6.45, 7) is 7.15. The summed E-state index contributed by atoms with van der Waals surface area (Å²) in [7, 11) is 0. The molecule has 6 nitrogen and oxygen atoms in total. The molecule has 6 heteroatoms. The smallest absolute Gasteiger partial charge is 0.258 e. The quantitative estimate of drug-likeness (QED) is 0.392. The molecule has 0 spiro atoms. The van der Waals surface area contributed by atoms with Crippen molar-refractivity contribution in [3.8, 4) is 0 Å². The minimum Gasteiger partial charge on any atom is -0.343 e. The Balaban J connectivity index is 1.41. The molecule has 0 N–H and O–H groups in total. The first-order valence-corrected chi connectivity index (χ1v) is 14.0. The summed E-state index contributed by atoms with van der Waals surface area (Å²) < 4.78 is 0. The number of carbonyl (C=O) groups is 3. The fraction of sp³-hybridized carbons (Fsp3) is 0.364. The number of nitrogens with zero attached hydrogens (tertiary/aromatic N) is 3. The second-order valence-corrected chi connectivity index (χ2v) is 10.7. The van der Waals surface area contributed by atoms with Crippen LogP contribution >= 0.6 is 0 Å². The summed E-state index contributed by atoms with van der Waals surface area (Å²) in [5.74, 6) is 0.580. The van der Waals surface area contributed by atoms with Crippen LogP contribution in [0, 0.1) is 0 Å². The van der Waals surface area contributed by atoms with Crippen LogP contribution in [0.5, 0.6) is 0 Å². The number of fused-ring (bicyclic) bond motifs is 1. The fourth-order valence-electron chi connectivity index (χ4n) is 6.16. The molecule has 39 heavy (non-hydrogen) atoms. The maximum absolute atomic E-state index is 13.9. The van der Waals surface area contributed by atoms with E-state index in [1.807, 2.05) is 88.4 Å². The van der Waals surface area contributed by atoms with Crippen molar-refractivity contribution >= 4 is 29.1 Å². The van der Waals surface area contributed by atoms with Gasteiger partial charge in [0.05, 0.1) is 6.04 Å². The number of benzene rings is 3. The predicted molar refractivity (Wildman–Crippen MR) is 155 cm³/mol. The Bertz CT molecular complexity index is 1330. The zero-order chi connectivity index (χ0) is 27.5. The first-order valence-electron chi connectivity index (χ1n) is 14.0. The van der Waals surface area contributed by atoms with Crippen LogP contribution < -0.4 is 9.80 Å². The molecule has 3 aromatic rings. The van der Waals surface area contributed by atoms with Crippen molar-refractivity contribution in [1.29, 1.82) is 0 Å². The molecule has 202 valence electrons. The van der Waals surface area contributed by atoms with E-state index in [9.17, 15) is 14.4 Å². The third-order valence-corrected chi connectivity index (χ3v) is 8.27. The van der Waals surface area contributed by atoms with Gasteiger partial charge in [-0.2, -0.15) is 0 Å². The van der Waals surface area contributed by atoms with Gasteiger partial charge in [0.1, 0.15) is 0 Å². The second-order valence-electron chi connectivity index (χ2n) is 10.7. The molecule has 0 aliphatic carbocycles. The molecule has 0 unspecified atom stereocenters. The topological polar surface area (TPSA) is 60.9 Å². The third kappa shape index (κ3) is 5.33. The van der Waals surface area contributed by atoms with E-state index >= 15 is 0 Å². The maximum atomic E-state index is 13.9. The number of para-hydroxylation sites is 2. The summed E-state index contributed by atoms with van der Waals surface area (Å²) in [5.41, 5.74) is 4.60. The Kier molecular flexibility index (Phi) is 7.82. The maximum Gasteiger partial charge on any atom is 0.258 e. The molecule has 0 radical (unpaired) electrons. The Morgan fingerprint density at radius 2 is 1.51 bits per heavy atom. The first kappa shape index (κ1) is 26.7. The number of amides is 3. The van der Waals surface area contributed by atoms with E-state index in [1.54, 1.807) is 6.92 Å². The SMILES string of the molecule is CCC(=O)N(c1ccccc1)[C@H]1C[C@@H](C)N(C(=O)c2ccc(C3CCN(C(C)=O)CC3)cc2)c2ccccc21. The van der Waals surface area contributed by atoms with Crippen molar-refractivity contribution in [3.63, 3.8) is 0 Å². The molecule has 2 heterocycles. The lowest BCUT2D eigenvalue weighted by atomic mass is 9.88. The molecule has 3 aromatic carbocycles. The number of hydrogen-bond donors (Lipinski definition) is 0. The molecular formula is C33H37N3O3. The number of hydrogen-bond acceptors (Lipinski definition) is 3. The standard InChI is InChI=1S/C33H37N3O3/c1-4-32(38)36(28-10-6-5-7-11-28)31-22-23(2)35(30-13-9-8-12-29(30)31)33(39)27-16-14-25(15-17-27)26-18-20-34(21-19-26)24(3)37/h5-17,23,26,31H,4,18-22H2,1-3H3/t23-,31+/m1/s1. The molecule has 0 bridgehead atoms. The number of piperidine rings is 1. The highest BCUT2D eigenvalue weighted by molar-refractivity contribution is 6.07. The van der Waals surface area contributed by atoms with Gasteiger partial charge in [-0.05, 0) is 73.6 Å². The fourth-order valence-corrected chi connectivity index (χ4v) is 6.16. The number of rotatable bonds is 5. The molecule has 2 aliphatic rings. The van der Waals surface area contributed by atoms with Crippen LogP contribution in [-0.2, 0) is 9.59 Å². The lowest BCUT2D eigenvalue weighted by Gasteiger charge is -2.43. The normalized spacial score (nSPS) is 19.4.